The number of carbonyl (C=O) groups is 1. The van der Waals surface area contributed by atoms with E-state index in [9.17, 15) is 9.59 Å². The van der Waals surface area contributed by atoms with Crippen LogP contribution in [-0.4, -0.2) is 26.2 Å². The van der Waals surface area contributed by atoms with E-state index < -0.39 is 17.2 Å². The highest BCUT2D eigenvalue weighted by molar-refractivity contribution is 5.62. The maximum Gasteiger partial charge on any atom is 0.325 e. The van der Waals surface area contributed by atoms with Crippen molar-refractivity contribution in [3.8, 4) is 0 Å². The zero-order valence-corrected chi connectivity index (χ0v) is 7.40. The van der Waals surface area contributed by atoms with Crippen LogP contribution in [0.4, 0.5) is 0 Å². The van der Waals surface area contributed by atoms with Crippen molar-refractivity contribution in [2.45, 2.75) is 13.5 Å². The molecule has 4 N–H and O–H groups in total. The van der Waals surface area contributed by atoms with Crippen LogP contribution in [0, 0.1) is 0 Å². The normalized spacial score (nSPS) is 8.71. The van der Waals surface area contributed by atoms with Crippen LogP contribution in [-0.2, 0) is 11.4 Å². The summed E-state index contributed by atoms with van der Waals surface area (Å²) in [5.41, 5.74) is -0.965. The van der Waals surface area contributed by atoms with Gasteiger partial charge in [-0.05, 0) is 0 Å². The Morgan fingerprint density at radius 1 is 1.50 bits per heavy atom. The van der Waals surface area contributed by atoms with Gasteiger partial charge in [0.2, 0.25) is 0 Å². The predicted octanol–water partition coefficient (Wildman–Crippen LogP) is -1.35. The Hall–Kier alpha value is -1.89. The molecular weight excluding hydrogens is 192 g/mol. The van der Waals surface area contributed by atoms with Crippen molar-refractivity contribution >= 4 is 5.97 Å². The quantitative estimate of drug-likeness (QED) is 0.448. The first kappa shape index (κ1) is 12.1. The maximum absolute atomic E-state index is 10.6. The minimum atomic E-state index is -0.833. The summed E-state index contributed by atoms with van der Waals surface area (Å²) in [5.74, 6) is -0.833. The molecule has 0 aliphatic carbocycles. The number of aliphatic hydroxyl groups excluding tert-OH is 1. The van der Waals surface area contributed by atoms with Crippen molar-refractivity contribution in [3.63, 3.8) is 0 Å². The van der Waals surface area contributed by atoms with E-state index in [1.807, 2.05) is 4.98 Å². The minimum Gasteiger partial charge on any atom is -0.481 e. The molecule has 0 saturated carbocycles. The fourth-order valence-corrected chi connectivity index (χ4v) is 0.555. The molecule has 0 bridgehead atoms. The average Bonchev–Trinajstić information content (AvgIpc) is 2.03. The third kappa shape index (κ3) is 4.88. The molecule has 7 heteroatoms. The monoisotopic (exact) mass is 202 g/mol. The molecular formula is C7H10N2O5. The van der Waals surface area contributed by atoms with Crippen LogP contribution >= 0.6 is 0 Å². The van der Waals surface area contributed by atoms with Gasteiger partial charge in [-0.2, -0.15) is 0 Å². The van der Waals surface area contributed by atoms with E-state index in [2.05, 4.69) is 4.98 Å². The van der Waals surface area contributed by atoms with Crippen LogP contribution in [0.2, 0.25) is 0 Å². The Bertz CT molecular complexity index is 401. The summed E-state index contributed by atoms with van der Waals surface area (Å²) in [4.78, 5) is 34.2. The zero-order chi connectivity index (χ0) is 11.1. The third-order valence-corrected chi connectivity index (χ3v) is 1.07. The third-order valence-electron chi connectivity index (χ3n) is 1.07. The number of aliphatic carboxylic acids is 1. The number of hydrogen-bond donors (Lipinski definition) is 4. The highest BCUT2D eigenvalue weighted by atomic mass is 16.4. The van der Waals surface area contributed by atoms with Gasteiger partial charge in [0.15, 0.2) is 0 Å². The molecule has 0 aliphatic heterocycles. The van der Waals surface area contributed by atoms with E-state index in [0.717, 1.165) is 6.92 Å². The fraction of sp³-hybridized carbons (Fsp3) is 0.286. The molecule has 78 valence electrons. The first-order valence-electron chi connectivity index (χ1n) is 3.58. The first-order valence-corrected chi connectivity index (χ1v) is 3.58. The Kier molecular flexibility index (Phi) is 4.93. The van der Waals surface area contributed by atoms with E-state index >= 15 is 0 Å². The minimum absolute atomic E-state index is 0.152. The molecule has 1 rings (SSSR count). The van der Waals surface area contributed by atoms with E-state index in [0.29, 0.717) is 0 Å². The second kappa shape index (κ2) is 5.70. The summed E-state index contributed by atoms with van der Waals surface area (Å²) in [6.07, 6.45) is 1.18. The lowest BCUT2D eigenvalue weighted by atomic mass is 10.4. The largest absolute Gasteiger partial charge is 0.481 e. The van der Waals surface area contributed by atoms with Crippen molar-refractivity contribution in [2.24, 2.45) is 0 Å². The molecule has 7 nitrogen and oxygen atoms in total. The Labute approximate surface area is 78.0 Å². The molecule has 0 aliphatic rings. The van der Waals surface area contributed by atoms with Gasteiger partial charge in [0.05, 0.1) is 12.2 Å². The summed E-state index contributed by atoms with van der Waals surface area (Å²) in [6.45, 7) is 0.714. The average molecular weight is 202 g/mol. The van der Waals surface area contributed by atoms with Gasteiger partial charge < -0.3 is 15.2 Å². The lowest BCUT2D eigenvalue weighted by Crippen LogP contribution is -2.24. The lowest BCUT2D eigenvalue weighted by molar-refractivity contribution is -0.134. The number of nitrogens with one attached hydrogen (secondary N) is 2. The van der Waals surface area contributed by atoms with E-state index in [1.54, 1.807) is 0 Å². The van der Waals surface area contributed by atoms with Crippen molar-refractivity contribution in [2.75, 3.05) is 0 Å². The SMILES string of the molecule is CC(=O)O.O=c1[nH]cc(CO)c(=O)[nH]1. The van der Waals surface area contributed by atoms with E-state index in [-0.39, 0.29) is 12.2 Å². The van der Waals surface area contributed by atoms with Gasteiger partial charge >= 0.3 is 5.69 Å². The Morgan fingerprint density at radius 2 is 2.00 bits per heavy atom. The number of H-pyrrole nitrogens is 2. The molecule has 0 spiro atoms. The van der Waals surface area contributed by atoms with Gasteiger partial charge in [0.1, 0.15) is 0 Å². The second-order valence-electron chi connectivity index (χ2n) is 2.27. The van der Waals surface area contributed by atoms with Crippen LogP contribution in [0.1, 0.15) is 12.5 Å². The summed E-state index contributed by atoms with van der Waals surface area (Å²) >= 11 is 0. The summed E-state index contributed by atoms with van der Waals surface area (Å²) < 4.78 is 0. The smallest absolute Gasteiger partial charge is 0.325 e. The van der Waals surface area contributed by atoms with E-state index in [1.165, 1.54) is 6.20 Å². The fourth-order valence-electron chi connectivity index (χ4n) is 0.555. The summed E-state index contributed by atoms with van der Waals surface area (Å²) in [6, 6.07) is 0. The number of hydrogen-bond acceptors (Lipinski definition) is 4. The first-order chi connectivity index (χ1) is 6.47. The van der Waals surface area contributed by atoms with Gasteiger partial charge in [0, 0.05) is 13.1 Å². The van der Waals surface area contributed by atoms with Gasteiger partial charge in [-0.25, -0.2) is 4.79 Å². The highest BCUT2D eigenvalue weighted by Crippen LogP contribution is 1.79. The van der Waals surface area contributed by atoms with Crippen LogP contribution < -0.4 is 11.2 Å². The molecule has 0 unspecified atom stereocenters. The van der Waals surface area contributed by atoms with Crippen LogP contribution in [0.3, 0.4) is 0 Å². The second-order valence-corrected chi connectivity index (χ2v) is 2.27. The van der Waals surface area contributed by atoms with Crippen molar-refractivity contribution in [1.82, 2.24) is 9.97 Å². The molecule has 0 aromatic carbocycles. The van der Waals surface area contributed by atoms with Gasteiger partial charge in [0.25, 0.3) is 11.5 Å². The molecule has 1 heterocycles. The number of carboxylic acids is 1. The number of aromatic amines is 2. The molecule has 0 amide bonds. The van der Waals surface area contributed by atoms with Gasteiger partial charge in [-0.15, -0.1) is 0 Å². The number of rotatable bonds is 1. The molecule has 1 aromatic heterocycles. The van der Waals surface area contributed by atoms with Gasteiger partial charge in [-0.1, -0.05) is 0 Å². The molecule has 0 radical (unpaired) electrons. The molecule has 1 aromatic rings. The molecule has 14 heavy (non-hydrogen) atoms. The van der Waals surface area contributed by atoms with Crippen LogP contribution in [0.15, 0.2) is 15.8 Å². The number of aliphatic hydroxyl groups is 1. The van der Waals surface area contributed by atoms with Crippen molar-refractivity contribution < 1.29 is 15.0 Å². The van der Waals surface area contributed by atoms with Crippen molar-refractivity contribution in [3.05, 3.63) is 32.6 Å². The molecule has 0 fully saturated rings. The predicted molar refractivity (Wildman–Crippen MR) is 46.9 cm³/mol. The summed E-state index contributed by atoms with van der Waals surface area (Å²) in [7, 11) is 0. The number of aromatic nitrogens is 2. The Morgan fingerprint density at radius 3 is 2.36 bits per heavy atom. The molecule has 0 saturated heterocycles. The molecule has 0 atom stereocenters. The lowest BCUT2D eigenvalue weighted by Gasteiger charge is -1.89. The highest BCUT2D eigenvalue weighted by Gasteiger charge is 1.95. The topological polar surface area (TPSA) is 123 Å². The standard InChI is InChI=1S/C5H6N2O3.C2H4O2/c8-2-3-1-6-5(10)7-4(3)9;1-2(3)4/h1,8H,2H2,(H2,6,7,9,10);1H3,(H,3,4). The van der Waals surface area contributed by atoms with Gasteiger partial charge in [-0.3, -0.25) is 14.6 Å². The Balaban J connectivity index is 0.000000364. The van der Waals surface area contributed by atoms with Crippen LogP contribution in [0.5, 0.6) is 0 Å². The number of carboxylic acid groups (broad SMARTS) is 1. The maximum atomic E-state index is 10.6. The zero-order valence-electron chi connectivity index (χ0n) is 7.40. The van der Waals surface area contributed by atoms with Crippen LogP contribution in [0.25, 0.3) is 0 Å². The van der Waals surface area contributed by atoms with E-state index in [4.69, 9.17) is 15.0 Å². The summed E-state index contributed by atoms with van der Waals surface area (Å²) in [5, 5.41) is 15.9. The van der Waals surface area contributed by atoms with Crippen molar-refractivity contribution in [1.29, 1.82) is 0 Å².